The number of fused-ring (bicyclic) bond motifs is 5. The molecule has 2 heteroatoms. The molecule has 4 rings (SSSR count). The molecular formula is C32H54O2. The van der Waals surface area contributed by atoms with Crippen LogP contribution in [0.2, 0.25) is 0 Å². The second-order valence-corrected chi connectivity index (χ2v) is 14.8. The summed E-state index contributed by atoms with van der Waals surface area (Å²) < 4.78 is 6.02. The van der Waals surface area contributed by atoms with Crippen molar-refractivity contribution in [2.75, 3.05) is 0 Å². The molecule has 0 heterocycles. The van der Waals surface area contributed by atoms with Gasteiger partial charge in [-0.1, -0.05) is 74.7 Å². The van der Waals surface area contributed by atoms with E-state index in [4.69, 9.17) is 4.74 Å². The maximum Gasteiger partial charge on any atom is 0.307 e. The molecule has 3 saturated carbocycles. The fourth-order valence-electron chi connectivity index (χ4n) is 10.3. The number of esters is 1. The predicted octanol–water partition coefficient (Wildman–Crippen LogP) is 9.19. The number of rotatable bonds is 6. The molecule has 0 radical (unpaired) electrons. The topological polar surface area (TPSA) is 26.3 Å². The van der Waals surface area contributed by atoms with Gasteiger partial charge in [-0.15, -0.1) is 0 Å². The molecule has 0 saturated heterocycles. The fraction of sp³-hybridized carbons (Fsp3) is 0.906. The molecule has 0 spiro atoms. The largest absolute Gasteiger partial charge is 0.431 e. The molecule has 2 nitrogen and oxygen atoms in total. The van der Waals surface area contributed by atoms with Gasteiger partial charge in [-0.2, -0.15) is 0 Å². The van der Waals surface area contributed by atoms with E-state index in [1.165, 1.54) is 57.8 Å². The quantitative estimate of drug-likeness (QED) is 0.362. The summed E-state index contributed by atoms with van der Waals surface area (Å²) in [6, 6.07) is 0. The molecule has 0 aromatic carbocycles. The number of carbonyl (C=O) groups is 1. The minimum atomic E-state index is -0.143. The van der Waals surface area contributed by atoms with Gasteiger partial charge in [-0.25, -0.2) is 0 Å². The third-order valence-corrected chi connectivity index (χ3v) is 12.3. The first kappa shape index (κ1) is 26.3. The van der Waals surface area contributed by atoms with Crippen molar-refractivity contribution in [3.8, 4) is 0 Å². The van der Waals surface area contributed by atoms with Gasteiger partial charge in [0.1, 0.15) is 5.76 Å². The highest BCUT2D eigenvalue weighted by atomic mass is 16.5. The molecule has 8 atom stereocenters. The van der Waals surface area contributed by atoms with Gasteiger partial charge in [0.2, 0.25) is 0 Å². The standard InChI is InChI=1S/C32H54O2/c1-21(2)11-10-12-22(3)24-15-19-31(8)25-13-14-27-29(5,6)18-17-28(34-23(4)33)32(27,9)26(25)16-20-30(24,31)7/h17,21-22,24-27H,10-16,18-20H2,1-9H3/t22-,24+,25-,26+,27+,30+,31-,32-/m1/s1. The van der Waals surface area contributed by atoms with Crippen molar-refractivity contribution in [2.24, 2.45) is 57.2 Å². The molecule has 4 aliphatic rings. The van der Waals surface area contributed by atoms with Crippen LogP contribution in [0.5, 0.6) is 0 Å². The fourth-order valence-corrected chi connectivity index (χ4v) is 10.3. The van der Waals surface area contributed by atoms with E-state index in [2.05, 4.69) is 61.5 Å². The first-order valence-corrected chi connectivity index (χ1v) is 14.7. The lowest BCUT2D eigenvalue weighted by molar-refractivity contribution is -0.173. The molecule has 0 aromatic heterocycles. The molecule has 0 amide bonds. The second-order valence-electron chi connectivity index (χ2n) is 14.8. The SMILES string of the molecule is CC(=O)OC1=CCC(C)(C)[C@@H]2CC[C@@H]3[C@H](CC[C@@]4(C)[C@H]([C@H](C)CCCC(C)C)CC[C@]34C)[C@@]12C. The minimum Gasteiger partial charge on any atom is -0.431 e. The minimum absolute atomic E-state index is 0.0123. The molecule has 0 unspecified atom stereocenters. The Morgan fingerprint density at radius 1 is 0.941 bits per heavy atom. The van der Waals surface area contributed by atoms with Gasteiger partial charge in [0.15, 0.2) is 0 Å². The van der Waals surface area contributed by atoms with Crippen LogP contribution in [-0.2, 0) is 9.53 Å². The highest BCUT2D eigenvalue weighted by Crippen LogP contribution is 2.75. The van der Waals surface area contributed by atoms with Crippen LogP contribution < -0.4 is 0 Å². The van der Waals surface area contributed by atoms with Gasteiger partial charge in [-0.3, -0.25) is 4.79 Å². The zero-order valence-electron chi connectivity index (χ0n) is 23.9. The maximum atomic E-state index is 12.1. The van der Waals surface area contributed by atoms with Crippen LogP contribution in [0, 0.1) is 57.2 Å². The zero-order valence-corrected chi connectivity index (χ0v) is 23.9. The molecule has 3 fully saturated rings. The van der Waals surface area contributed by atoms with Crippen molar-refractivity contribution in [3.05, 3.63) is 11.8 Å². The summed E-state index contributed by atoms with van der Waals surface area (Å²) in [5, 5.41) is 0. The Balaban J connectivity index is 1.63. The van der Waals surface area contributed by atoms with Crippen LogP contribution in [0.4, 0.5) is 0 Å². The van der Waals surface area contributed by atoms with Crippen molar-refractivity contribution in [1.29, 1.82) is 0 Å². The second kappa shape index (κ2) is 8.95. The third-order valence-electron chi connectivity index (χ3n) is 12.3. The summed E-state index contributed by atoms with van der Waals surface area (Å²) >= 11 is 0. The predicted molar refractivity (Wildman–Crippen MR) is 142 cm³/mol. The molecule has 0 aliphatic heterocycles. The zero-order chi connectivity index (χ0) is 25.1. The van der Waals surface area contributed by atoms with Gasteiger partial charge < -0.3 is 4.74 Å². The molecule has 34 heavy (non-hydrogen) atoms. The van der Waals surface area contributed by atoms with Crippen molar-refractivity contribution in [2.45, 2.75) is 127 Å². The Morgan fingerprint density at radius 2 is 1.62 bits per heavy atom. The van der Waals surface area contributed by atoms with Gasteiger partial charge in [0, 0.05) is 12.3 Å². The maximum absolute atomic E-state index is 12.1. The Bertz CT molecular complexity index is 808. The smallest absolute Gasteiger partial charge is 0.307 e. The van der Waals surface area contributed by atoms with E-state index >= 15 is 0 Å². The number of allylic oxidation sites excluding steroid dienone is 2. The molecule has 0 bridgehead atoms. The molecular weight excluding hydrogens is 416 g/mol. The van der Waals surface area contributed by atoms with Gasteiger partial charge in [-0.05, 0) is 103 Å². The van der Waals surface area contributed by atoms with Gasteiger partial charge in [0.25, 0.3) is 0 Å². The summed E-state index contributed by atoms with van der Waals surface area (Å²) in [5.41, 5.74) is 1.11. The number of hydrogen-bond acceptors (Lipinski definition) is 2. The van der Waals surface area contributed by atoms with Crippen LogP contribution in [0.15, 0.2) is 11.8 Å². The lowest BCUT2D eigenvalue weighted by Crippen LogP contribution is -2.60. The normalized spacial score (nSPS) is 44.0. The Morgan fingerprint density at radius 3 is 2.26 bits per heavy atom. The number of hydrogen-bond donors (Lipinski definition) is 0. The van der Waals surface area contributed by atoms with E-state index in [0.717, 1.165) is 35.9 Å². The Hall–Kier alpha value is -0.790. The Labute approximate surface area is 211 Å². The third kappa shape index (κ3) is 3.92. The van der Waals surface area contributed by atoms with E-state index in [0.29, 0.717) is 22.7 Å². The highest BCUT2D eigenvalue weighted by Gasteiger charge is 2.68. The van der Waals surface area contributed by atoms with Gasteiger partial charge in [0.05, 0.1) is 0 Å². The molecule has 0 N–H and O–H groups in total. The van der Waals surface area contributed by atoms with E-state index < -0.39 is 0 Å². The molecule has 194 valence electrons. The summed E-state index contributed by atoms with van der Waals surface area (Å²) in [7, 11) is 0. The average molecular weight is 471 g/mol. The van der Waals surface area contributed by atoms with Crippen molar-refractivity contribution in [3.63, 3.8) is 0 Å². The first-order chi connectivity index (χ1) is 15.8. The lowest BCUT2D eigenvalue weighted by atomic mass is 9.39. The van der Waals surface area contributed by atoms with E-state index in [-0.39, 0.29) is 16.8 Å². The van der Waals surface area contributed by atoms with Crippen LogP contribution in [0.3, 0.4) is 0 Å². The van der Waals surface area contributed by atoms with Crippen LogP contribution in [-0.4, -0.2) is 5.97 Å². The lowest BCUT2D eigenvalue weighted by Gasteiger charge is -2.66. The summed E-state index contributed by atoms with van der Waals surface area (Å²) in [6.45, 7) is 21.6. The highest BCUT2D eigenvalue weighted by molar-refractivity contribution is 5.67. The van der Waals surface area contributed by atoms with Crippen LogP contribution >= 0.6 is 0 Å². The molecule has 4 aliphatic carbocycles. The number of carbonyl (C=O) groups excluding carboxylic acids is 1. The summed E-state index contributed by atoms with van der Waals surface area (Å²) in [4.78, 5) is 12.1. The van der Waals surface area contributed by atoms with Crippen molar-refractivity contribution in [1.82, 2.24) is 0 Å². The van der Waals surface area contributed by atoms with E-state index in [9.17, 15) is 4.79 Å². The van der Waals surface area contributed by atoms with E-state index in [1.54, 1.807) is 6.92 Å². The summed E-state index contributed by atoms with van der Waals surface area (Å²) in [6.07, 6.45) is 15.6. The monoisotopic (exact) mass is 470 g/mol. The molecule has 0 aromatic rings. The van der Waals surface area contributed by atoms with E-state index in [1.807, 2.05) is 0 Å². The van der Waals surface area contributed by atoms with Crippen molar-refractivity contribution >= 4 is 5.97 Å². The van der Waals surface area contributed by atoms with Crippen LogP contribution in [0.25, 0.3) is 0 Å². The number of ether oxygens (including phenoxy) is 1. The van der Waals surface area contributed by atoms with Gasteiger partial charge >= 0.3 is 5.97 Å². The van der Waals surface area contributed by atoms with Crippen molar-refractivity contribution < 1.29 is 9.53 Å². The summed E-state index contributed by atoms with van der Waals surface area (Å²) in [5.74, 6) is 5.36. The Kier molecular flexibility index (Phi) is 6.92. The average Bonchev–Trinajstić information content (AvgIpc) is 3.01. The van der Waals surface area contributed by atoms with Crippen LogP contribution in [0.1, 0.15) is 127 Å². The first-order valence-electron chi connectivity index (χ1n) is 14.7.